The Bertz CT molecular complexity index is 111. The Morgan fingerprint density at radius 2 is 2.14 bits per heavy atom. The highest BCUT2D eigenvalue weighted by Gasteiger charge is 1.99. The number of hydrogen-bond donors (Lipinski definition) is 1. The van der Waals surface area contributed by atoms with Crippen molar-refractivity contribution in [1.29, 1.82) is 0 Å². The van der Waals surface area contributed by atoms with Crippen LogP contribution in [0.3, 0.4) is 0 Å². The lowest BCUT2D eigenvalue weighted by molar-refractivity contribution is 0.200. The maximum absolute atomic E-state index is 5.00. The third-order valence-corrected chi connectivity index (χ3v) is 3.18. The molecule has 0 aromatic heterocycles. The summed E-state index contributed by atoms with van der Waals surface area (Å²) in [5.74, 6) is 2.50. The van der Waals surface area contributed by atoms with Crippen LogP contribution in [0.5, 0.6) is 0 Å². The summed E-state index contributed by atoms with van der Waals surface area (Å²) in [5.41, 5.74) is 0. The van der Waals surface area contributed by atoms with Crippen molar-refractivity contribution >= 4 is 11.8 Å². The van der Waals surface area contributed by atoms with Crippen molar-refractivity contribution in [3.8, 4) is 0 Å². The lowest BCUT2D eigenvalue weighted by Crippen LogP contribution is -2.27. The van der Waals surface area contributed by atoms with E-state index in [1.807, 2.05) is 11.8 Å². The van der Waals surface area contributed by atoms with E-state index < -0.39 is 0 Å². The lowest BCUT2D eigenvalue weighted by Gasteiger charge is -2.12. The van der Waals surface area contributed by atoms with Gasteiger partial charge in [0.05, 0.1) is 0 Å². The van der Waals surface area contributed by atoms with Gasteiger partial charge in [0.15, 0.2) is 0 Å². The molecule has 0 aromatic rings. The van der Waals surface area contributed by atoms with Gasteiger partial charge in [-0.15, -0.1) is 0 Å². The fourth-order valence-corrected chi connectivity index (χ4v) is 2.21. The van der Waals surface area contributed by atoms with Gasteiger partial charge in [0.25, 0.3) is 0 Å². The van der Waals surface area contributed by atoms with Crippen LogP contribution in [0.2, 0.25) is 0 Å². The van der Waals surface area contributed by atoms with Crippen LogP contribution in [0.15, 0.2) is 0 Å². The minimum Gasteiger partial charge on any atom is -0.385 e. The zero-order valence-corrected chi connectivity index (χ0v) is 10.7. The molecule has 0 bridgehead atoms. The highest BCUT2D eigenvalue weighted by Crippen LogP contribution is 2.06. The Morgan fingerprint density at radius 3 is 2.79 bits per heavy atom. The van der Waals surface area contributed by atoms with E-state index in [0.717, 1.165) is 13.2 Å². The highest BCUT2D eigenvalue weighted by molar-refractivity contribution is 7.99. The molecule has 1 N–H and O–H groups in total. The van der Waals surface area contributed by atoms with E-state index in [1.165, 1.54) is 30.8 Å². The smallest absolute Gasteiger partial charge is 0.0470 e. The summed E-state index contributed by atoms with van der Waals surface area (Å²) in [6.07, 6.45) is 3.68. The van der Waals surface area contributed by atoms with Crippen LogP contribution in [0, 0.1) is 0 Å². The van der Waals surface area contributed by atoms with Crippen LogP contribution in [-0.4, -0.2) is 37.8 Å². The number of rotatable bonds is 10. The number of thioether (sulfide) groups is 1. The van der Waals surface area contributed by atoms with Crippen molar-refractivity contribution in [2.24, 2.45) is 0 Å². The van der Waals surface area contributed by atoms with E-state index in [-0.39, 0.29) is 0 Å². The second kappa shape index (κ2) is 11.3. The lowest BCUT2D eigenvalue weighted by atomic mass is 10.2. The molecule has 0 aliphatic rings. The molecular weight excluding hydrogens is 194 g/mol. The first kappa shape index (κ1) is 14.3. The molecule has 0 radical (unpaired) electrons. The van der Waals surface area contributed by atoms with Gasteiger partial charge in [-0.05, 0) is 44.2 Å². The zero-order valence-electron chi connectivity index (χ0n) is 9.84. The first-order valence-electron chi connectivity index (χ1n) is 5.61. The largest absolute Gasteiger partial charge is 0.385 e. The van der Waals surface area contributed by atoms with E-state index in [2.05, 4.69) is 19.2 Å². The fraction of sp³-hybridized carbons (Fsp3) is 1.00. The number of methoxy groups -OCH3 is 1. The predicted molar refractivity (Wildman–Crippen MR) is 66.2 cm³/mol. The van der Waals surface area contributed by atoms with Crippen molar-refractivity contribution in [1.82, 2.24) is 5.32 Å². The number of nitrogens with one attached hydrogen (secondary N) is 1. The minimum absolute atomic E-state index is 0.671. The molecule has 0 heterocycles. The summed E-state index contributed by atoms with van der Waals surface area (Å²) >= 11 is 2.03. The predicted octanol–water partition coefficient (Wildman–Crippen LogP) is 2.53. The Balaban J connectivity index is 3.02. The molecule has 1 unspecified atom stereocenters. The van der Waals surface area contributed by atoms with Crippen LogP contribution in [0.25, 0.3) is 0 Å². The molecule has 3 heteroatoms. The van der Waals surface area contributed by atoms with Gasteiger partial charge in [0.2, 0.25) is 0 Å². The normalized spacial score (nSPS) is 13.1. The van der Waals surface area contributed by atoms with Crippen molar-refractivity contribution < 1.29 is 4.74 Å². The monoisotopic (exact) mass is 219 g/mol. The van der Waals surface area contributed by atoms with Gasteiger partial charge in [0, 0.05) is 19.8 Å². The van der Waals surface area contributed by atoms with E-state index in [1.54, 1.807) is 7.11 Å². The molecule has 0 amide bonds. The molecule has 0 aromatic carbocycles. The summed E-state index contributed by atoms with van der Waals surface area (Å²) < 4.78 is 5.00. The quantitative estimate of drug-likeness (QED) is 0.571. The van der Waals surface area contributed by atoms with Gasteiger partial charge in [-0.25, -0.2) is 0 Å². The molecule has 0 saturated carbocycles. The second-order valence-electron chi connectivity index (χ2n) is 3.60. The molecule has 86 valence electrons. The summed E-state index contributed by atoms with van der Waals surface area (Å²) in [5, 5.41) is 3.50. The van der Waals surface area contributed by atoms with Gasteiger partial charge in [-0.2, -0.15) is 11.8 Å². The van der Waals surface area contributed by atoms with Crippen molar-refractivity contribution in [2.45, 2.75) is 39.2 Å². The topological polar surface area (TPSA) is 21.3 Å². The molecule has 14 heavy (non-hydrogen) atoms. The average Bonchev–Trinajstić information content (AvgIpc) is 2.20. The maximum atomic E-state index is 5.00. The molecule has 2 nitrogen and oxygen atoms in total. The summed E-state index contributed by atoms with van der Waals surface area (Å²) in [6.45, 7) is 6.52. The van der Waals surface area contributed by atoms with E-state index in [0.29, 0.717) is 6.04 Å². The molecule has 0 aliphatic carbocycles. The molecule has 0 spiro atoms. The van der Waals surface area contributed by atoms with E-state index >= 15 is 0 Å². The summed E-state index contributed by atoms with van der Waals surface area (Å²) in [4.78, 5) is 0. The van der Waals surface area contributed by atoms with Gasteiger partial charge in [-0.3, -0.25) is 0 Å². The van der Waals surface area contributed by atoms with Crippen molar-refractivity contribution in [3.63, 3.8) is 0 Å². The van der Waals surface area contributed by atoms with Crippen LogP contribution < -0.4 is 5.32 Å². The molecule has 0 saturated heterocycles. The fourth-order valence-electron chi connectivity index (χ4n) is 1.16. The molecule has 0 rings (SSSR count). The molecule has 0 aliphatic heterocycles. The van der Waals surface area contributed by atoms with Crippen LogP contribution >= 0.6 is 11.8 Å². The minimum atomic E-state index is 0.671. The van der Waals surface area contributed by atoms with E-state index in [9.17, 15) is 0 Å². The Hall–Kier alpha value is 0.270. The van der Waals surface area contributed by atoms with Crippen LogP contribution in [0.1, 0.15) is 33.1 Å². The SMILES string of the molecule is CCCNC(C)CCSCCCOC. The Labute approximate surface area is 93.2 Å². The summed E-state index contributed by atoms with van der Waals surface area (Å²) in [6, 6.07) is 0.671. The highest BCUT2D eigenvalue weighted by atomic mass is 32.2. The van der Waals surface area contributed by atoms with Crippen LogP contribution in [-0.2, 0) is 4.74 Å². The molecule has 1 atom stereocenters. The maximum Gasteiger partial charge on any atom is 0.0470 e. The van der Waals surface area contributed by atoms with E-state index in [4.69, 9.17) is 4.74 Å². The number of ether oxygens (including phenoxy) is 1. The van der Waals surface area contributed by atoms with Gasteiger partial charge in [0.1, 0.15) is 0 Å². The first-order chi connectivity index (χ1) is 6.81. The van der Waals surface area contributed by atoms with Crippen molar-refractivity contribution in [2.75, 3.05) is 31.8 Å². The van der Waals surface area contributed by atoms with Gasteiger partial charge < -0.3 is 10.1 Å². The standard InChI is InChI=1S/C11H25NOS/c1-4-7-12-11(2)6-10-14-9-5-8-13-3/h11-12H,4-10H2,1-3H3. The van der Waals surface area contributed by atoms with Gasteiger partial charge in [-0.1, -0.05) is 6.92 Å². The third kappa shape index (κ3) is 10.4. The summed E-state index contributed by atoms with van der Waals surface area (Å²) in [7, 11) is 1.77. The zero-order chi connectivity index (χ0) is 10.6. The Morgan fingerprint density at radius 1 is 1.36 bits per heavy atom. The molecule has 0 fully saturated rings. The van der Waals surface area contributed by atoms with Gasteiger partial charge >= 0.3 is 0 Å². The first-order valence-corrected chi connectivity index (χ1v) is 6.76. The Kier molecular flexibility index (Phi) is 11.6. The molecular formula is C11H25NOS. The average molecular weight is 219 g/mol. The van der Waals surface area contributed by atoms with Crippen molar-refractivity contribution in [3.05, 3.63) is 0 Å². The van der Waals surface area contributed by atoms with Crippen LogP contribution in [0.4, 0.5) is 0 Å². The third-order valence-electron chi connectivity index (χ3n) is 2.08. The number of hydrogen-bond acceptors (Lipinski definition) is 3. The second-order valence-corrected chi connectivity index (χ2v) is 4.83.